The van der Waals surface area contributed by atoms with Gasteiger partial charge in [0.2, 0.25) is 0 Å². The molecule has 9 heteroatoms. The van der Waals surface area contributed by atoms with Crippen molar-refractivity contribution in [1.82, 2.24) is 8.87 Å². The first-order chi connectivity index (χ1) is 11.3. The van der Waals surface area contributed by atoms with E-state index < -0.39 is 21.9 Å². The van der Waals surface area contributed by atoms with Crippen LogP contribution in [-0.2, 0) is 31.3 Å². The second kappa shape index (κ2) is 7.35. The molecule has 0 saturated carbocycles. The number of hydrogen-bond donors (Lipinski definition) is 0. The largest absolute Gasteiger partial charge is 0.466 e. The Balaban J connectivity index is 2.25. The van der Waals surface area contributed by atoms with Gasteiger partial charge in [0.05, 0.1) is 19.6 Å². The molecule has 2 rings (SSSR count). The lowest BCUT2D eigenvalue weighted by Gasteiger charge is -2.30. The third-order valence-electron chi connectivity index (χ3n) is 4.08. The van der Waals surface area contributed by atoms with Gasteiger partial charge in [-0.2, -0.15) is 4.31 Å². The molecule has 1 aliphatic heterocycles. The summed E-state index contributed by atoms with van der Waals surface area (Å²) in [4.78, 5) is 23.5. The van der Waals surface area contributed by atoms with Crippen LogP contribution in [-0.4, -0.2) is 56.0 Å². The third kappa shape index (κ3) is 3.46. The van der Waals surface area contributed by atoms with Gasteiger partial charge in [0.25, 0.3) is 10.0 Å². The molecule has 0 unspecified atom stereocenters. The lowest BCUT2D eigenvalue weighted by molar-refractivity contribution is -0.149. The number of piperidine rings is 1. The van der Waals surface area contributed by atoms with Gasteiger partial charge in [-0.15, -0.1) is 0 Å². The van der Waals surface area contributed by atoms with Gasteiger partial charge < -0.3 is 14.0 Å². The van der Waals surface area contributed by atoms with Gasteiger partial charge in [0, 0.05) is 20.1 Å². The summed E-state index contributed by atoms with van der Waals surface area (Å²) in [5, 5.41) is -0.00703. The molecule has 134 valence electrons. The maximum Gasteiger partial charge on any atom is 0.354 e. The number of carbonyl (C=O) groups excluding carboxylic acids is 2. The van der Waals surface area contributed by atoms with Gasteiger partial charge >= 0.3 is 11.9 Å². The highest BCUT2D eigenvalue weighted by Crippen LogP contribution is 2.25. The van der Waals surface area contributed by atoms with Crippen molar-refractivity contribution in [3.05, 3.63) is 17.8 Å². The van der Waals surface area contributed by atoms with E-state index in [1.54, 1.807) is 6.92 Å². The van der Waals surface area contributed by atoms with Gasteiger partial charge in [-0.3, -0.25) is 4.79 Å². The Morgan fingerprint density at radius 1 is 1.33 bits per heavy atom. The van der Waals surface area contributed by atoms with Gasteiger partial charge in [-0.05, 0) is 31.9 Å². The van der Waals surface area contributed by atoms with Gasteiger partial charge in [-0.1, -0.05) is 0 Å². The van der Waals surface area contributed by atoms with E-state index in [2.05, 4.69) is 4.74 Å². The number of aromatic nitrogens is 1. The van der Waals surface area contributed by atoms with Gasteiger partial charge in [-0.25, -0.2) is 13.2 Å². The summed E-state index contributed by atoms with van der Waals surface area (Å²) in [5.41, 5.74) is 0.148. The zero-order valence-electron chi connectivity index (χ0n) is 14.0. The van der Waals surface area contributed by atoms with Crippen LogP contribution in [0, 0.1) is 5.92 Å². The molecule has 8 nitrogen and oxygen atoms in total. The minimum Gasteiger partial charge on any atom is -0.466 e. The predicted molar refractivity (Wildman–Crippen MR) is 84.9 cm³/mol. The zero-order valence-corrected chi connectivity index (χ0v) is 14.8. The molecule has 0 radical (unpaired) electrons. The van der Waals surface area contributed by atoms with Crippen molar-refractivity contribution in [3.63, 3.8) is 0 Å². The first-order valence-electron chi connectivity index (χ1n) is 7.73. The van der Waals surface area contributed by atoms with Crippen LogP contribution in [0.25, 0.3) is 0 Å². The monoisotopic (exact) mass is 358 g/mol. The minimum atomic E-state index is -3.81. The minimum absolute atomic E-state index is 0.00703. The average Bonchev–Trinajstić information content (AvgIpc) is 2.96. The molecule has 1 saturated heterocycles. The van der Waals surface area contributed by atoms with Crippen molar-refractivity contribution in [2.75, 3.05) is 26.8 Å². The maximum absolute atomic E-state index is 12.9. The number of hydrogen-bond acceptors (Lipinski definition) is 6. The van der Waals surface area contributed by atoms with Crippen molar-refractivity contribution < 1.29 is 27.5 Å². The normalized spacial score (nSPS) is 19.0. The number of sulfonamides is 1. The van der Waals surface area contributed by atoms with Crippen molar-refractivity contribution in [2.24, 2.45) is 13.0 Å². The van der Waals surface area contributed by atoms with Gasteiger partial charge in [0.15, 0.2) is 5.03 Å². The molecule has 1 atom stereocenters. The Morgan fingerprint density at radius 3 is 2.67 bits per heavy atom. The number of esters is 2. The van der Waals surface area contributed by atoms with E-state index in [4.69, 9.17) is 4.74 Å². The van der Waals surface area contributed by atoms with E-state index in [0.29, 0.717) is 19.4 Å². The summed E-state index contributed by atoms with van der Waals surface area (Å²) in [7, 11) is -1.09. The summed E-state index contributed by atoms with van der Waals surface area (Å²) in [5.74, 6) is -1.45. The molecule has 1 aliphatic rings. The summed E-state index contributed by atoms with van der Waals surface area (Å²) >= 11 is 0. The quantitative estimate of drug-likeness (QED) is 0.722. The zero-order chi connectivity index (χ0) is 17.9. The number of ether oxygens (including phenoxy) is 2. The highest BCUT2D eigenvalue weighted by molar-refractivity contribution is 7.89. The molecule has 24 heavy (non-hydrogen) atoms. The van der Waals surface area contributed by atoms with Crippen LogP contribution in [0.15, 0.2) is 17.2 Å². The van der Waals surface area contributed by atoms with Crippen LogP contribution >= 0.6 is 0 Å². The molecule has 2 heterocycles. The maximum atomic E-state index is 12.9. The fourth-order valence-electron chi connectivity index (χ4n) is 2.81. The summed E-state index contributed by atoms with van der Waals surface area (Å²) < 4.78 is 37.9. The van der Waals surface area contributed by atoms with Crippen LogP contribution < -0.4 is 0 Å². The number of methoxy groups -OCH3 is 1. The SMILES string of the molecule is CCOC(=O)[C@@H]1CCCN(S(=O)(=O)c2ccc(C(=O)OC)n2C)C1. The summed E-state index contributed by atoms with van der Waals surface area (Å²) in [6.07, 6.45) is 1.18. The lowest BCUT2D eigenvalue weighted by Crippen LogP contribution is -2.43. The van der Waals surface area contributed by atoms with E-state index >= 15 is 0 Å². The lowest BCUT2D eigenvalue weighted by atomic mass is 10.0. The second-order valence-electron chi connectivity index (χ2n) is 5.56. The number of nitrogens with zero attached hydrogens (tertiary/aromatic N) is 2. The van der Waals surface area contributed by atoms with Crippen LogP contribution in [0.5, 0.6) is 0 Å². The highest BCUT2D eigenvalue weighted by Gasteiger charge is 2.35. The van der Waals surface area contributed by atoms with E-state index in [0.717, 1.165) is 0 Å². The highest BCUT2D eigenvalue weighted by atomic mass is 32.2. The second-order valence-corrected chi connectivity index (χ2v) is 7.45. The Hall–Kier alpha value is -1.87. The molecule has 0 spiro atoms. The van der Waals surface area contributed by atoms with Crippen LogP contribution in [0.2, 0.25) is 0 Å². The molecule has 1 aromatic rings. The topological polar surface area (TPSA) is 94.9 Å². The molecule has 0 bridgehead atoms. The molecule has 0 N–H and O–H groups in total. The fraction of sp³-hybridized carbons (Fsp3) is 0.600. The van der Waals surface area contributed by atoms with Crippen LogP contribution in [0.1, 0.15) is 30.3 Å². The Labute approximate surface area is 141 Å². The Kier molecular flexibility index (Phi) is 5.66. The first-order valence-corrected chi connectivity index (χ1v) is 9.17. The molecule has 0 aliphatic carbocycles. The van der Waals surface area contributed by atoms with Crippen molar-refractivity contribution in [3.8, 4) is 0 Å². The number of rotatable bonds is 5. The summed E-state index contributed by atoms with van der Waals surface area (Å²) in [6, 6.07) is 2.78. The molecule has 1 aromatic heterocycles. The van der Waals surface area contributed by atoms with Crippen LogP contribution in [0.3, 0.4) is 0 Å². The Morgan fingerprint density at radius 2 is 2.04 bits per heavy atom. The first kappa shape index (κ1) is 18.5. The molecular weight excluding hydrogens is 336 g/mol. The van der Waals surface area contributed by atoms with Gasteiger partial charge in [0.1, 0.15) is 5.69 Å². The summed E-state index contributed by atoms with van der Waals surface area (Å²) in [6.45, 7) is 2.40. The van der Waals surface area contributed by atoms with Crippen LogP contribution in [0.4, 0.5) is 0 Å². The molecular formula is C15H22N2O6S. The van der Waals surface area contributed by atoms with Crippen molar-refractivity contribution >= 4 is 22.0 Å². The standard InChI is InChI=1S/C15H22N2O6S/c1-4-23-14(18)11-6-5-9-17(10-11)24(20,21)13-8-7-12(16(13)2)15(19)22-3/h7-8,11H,4-6,9-10H2,1-3H3/t11-/m1/s1. The number of carbonyl (C=O) groups is 2. The van der Waals surface area contributed by atoms with E-state index in [1.165, 1.54) is 35.2 Å². The fourth-order valence-corrected chi connectivity index (χ4v) is 4.50. The molecule has 0 aromatic carbocycles. The Bertz CT molecular complexity index is 724. The van der Waals surface area contributed by atoms with E-state index in [9.17, 15) is 18.0 Å². The molecule has 1 fully saturated rings. The molecule has 0 amide bonds. The average molecular weight is 358 g/mol. The van der Waals surface area contributed by atoms with E-state index in [1.807, 2.05) is 0 Å². The third-order valence-corrected chi connectivity index (χ3v) is 6.03. The smallest absolute Gasteiger partial charge is 0.354 e. The van der Waals surface area contributed by atoms with E-state index in [-0.39, 0.29) is 29.8 Å². The van der Waals surface area contributed by atoms with Crippen molar-refractivity contribution in [1.29, 1.82) is 0 Å². The van der Waals surface area contributed by atoms with Crippen molar-refractivity contribution in [2.45, 2.75) is 24.8 Å². The predicted octanol–water partition coefficient (Wildman–Crippen LogP) is 0.775.